The predicted molar refractivity (Wildman–Crippen MR) is 99.4 cm³/mol. The smallest absolute Gasteiger partial charge is 0.191 e. The average molecular weight is 343 g/mol. The molecule has 0 radical (unpaired) electrons. The molecule has 2 atom stereocenters. The standard InChI is InChI=1S/C21H21N5/c1-26(2)15-9-7-14(8-10-15)19-17-6-4-3-5-16(17)18(11-22)20(25)21(19,12-23)13-24/h5,7-10,17,19H,3-4,6,25H2,1-2H3/t17-,19+/m0/s1. The molecule has 1 aromatic carbocycles. The highest BCUT2D eigenvalue weighted by atomic mass is 15.1. The molecule has 0 spiro atoms. The van der Waals surface area contributed by atoms with E-state index in [1.807, 2.05) is 43.3 Å². The normalized spacial score (nSPS) is 23.7. The van der Waals surface area contributed by atoms with Crippen LogP contribution in [-0.4, -0.2) is 14.1 Å². The van der Waals surface area contributed by atoms with Gasteiger partial charge in [-0.1, -0.05) is 18.2 Å². The maximum Gasteiger partial charge on any atom is 0.191 e. The first kappa shape index (κ1) is 17.6. The van der Waals surface area contributed by atoms with Crippen molar-refractivity contribution in [3.63, 3.8) is 0 Å². The van der Waals surface area contributed by atoms with Crippen LogP contribution in [0.3, 0.4) is 0 Å². The number of fused-ring (bicyclic) bond motifs is 1. The Morgan fingerprint density at radius 2 is 1.77 bits per heavy atom. The van der Waals surface area contributed by atoms with Crippen LogP contribution < -0.4 is 10.6 Å². The van der Waals surface area contributed by atoms with Gasteiger partial charge in [0.15, 0.2) is 5.41 Å². The van der Waals surface area contributed by atoms with Crippen LogP contribution in [0.1, 0.15) is 30.7 Å². The lowest BCUT2D eigenvalue weighted by Crippen LogP contribution is -2.42. The number of allylic oxidation sites excluding steroid dienone is 4. The van der Waals surface area contributed by atoms with Crippen molar-refractivity contribution >= 4 is 5.69 Å². The van der Waals surface area contributed by atoms with E-state index in [0.29, 0.717) is 5.57 Å². The second kappa shape index (κ2) is 6.58. The van der Waals surface area contributed by atoms with Crippen molar-refractivity contribution in [1.82, 2.24) is 0 Å². The quantitative estimate of drug-likeness (QED) is 0.887. The van der Waals surface area contributed by atoms with Crippen LogP contribution in [-0.2, 0) is 0 Å². The summed E-state index contributed by atoms with van der Waals surface area (Å²) in [5.41, 5.74) is 8.02. The van der Waals surface area contributed by atoms with Crippen LogP contribution in [0.2, 0.25) is 0 Å². The Morgan fingerprint density at radius 1 is 1.12 bits per heavy atom. The summed E-state index contributed by atoms with van der Waals surface area (Å²) in [5, 5.41) is 29.6. The molecule has 5 nitrogen and oxygen atoms in total. The molecule has 1 aromatic rings. The van der Waals surface area contributed by atoms with E-state index in [-0.39, 0.29) is 17.5 Å². The van der Waals surface area contributed by atoms with Gasteiger partial charge in [-0.3, -0.25) is 0 Å². The monoisotopic (exact) mass is 343 g/mol. The van der Waals surface area contributed by atoms with E-state index in [1.54, 1.807) is 0 Å². The highest BCUT2D eigenvalue weighted by molar-refractivity contribution is 5.59. The highest BCUT2D eigenvalue weighted by Crippen LogP contribution is 2.55. The van der Waals surface area contributed by atoms with E-state index >= 15 is 0 Å². The molecule has 0 amide bonds. The molecule has 0 saturated heterocycles. The lowest BCUT2D eigenvalue weighted by Gasteiger charge is -2.43. The van der Waals surface area contributed by atoms with Gasteiger partial charge in [-0.2, -0.15) is 15.8 Å². The summed E-state index contributed by atoms with van der Waals surface area (Å²) in [6.07, 6.45) is 4.77. The molecule has 0 saturated carbocycles. The van der Waals surface area contributed by atoms with Gasteiger partial charge < -0.3 is 10.6 Å². The van der Waals surface area contributed by atoms with E-state index < -0.39 is 5.41 Å². The van der Waals surface area contributed by atoms with Gasteiger partial charge in [0.25, 0.3) is 0 Å². The van der Waals surface area contributed by atoms with Crippen LogP contribution in [0.5, 0.6) is 0 Å². The fourth-order valence-electron chi connectivity index (χ4n) is 4.23. The molecule has 0 aromatic heterocycles. The molecule has 2 aliphatic rings. The first-order valence-corrected chi connectivity index (χ1v) is 8.70. The lowest BCUT2D eigenvalue weighted by molar-refractivity contribution is 0.317. The minimum atomic E-state index is -1.52. The van der Waals surface area contributed by atoms with Crippen molar-refractivity contribution in [1.29, 1.82) is 15.8 Å². The average Bonchev–Trinajstić information content (AvgIpc) is 2.67. The molecule has 26 heavy (non-hydrogen) atoms. The van der Waals surface area contributed by atoms with Crippen molar-refractivity contribution < 1.29 is 0 Å². The van der Waals surface area contributed by atoms with Crippen molar-refractivity contribution in [3.8, 4) is 18.2 Å². The first-order valence-electron chi connectivity index (χ1n) is 8.70. The fourth-order valence-corrected chi connectivity index (χ4v) is 4.23. The Labute approximate surface area is 154 Å². The van der Waals surface area contributed by atoms with E-state index in [4.69, 9.17) is 5.73 Å². The summed E-state index contributed by atoms with van der Waals surface area (Å²) in [4.78, 5) is 2.00. The maximum absolute atomic E-state index is 9.97. The Kier molecular flexibility index (Phi) is 4.45. The minimum Gasteiger partial charge on any atom is -0.399 e. The van der Waals surface area contributed by atoms with Gasteiger partial charge >= 0.3 is 0 Å². The molecule has 2 aliphatic carbocycles. The highest BCUT2D eigenvalue weighted by Gasteiger charge is 2.53. The molecule has 0 heterocycles. The van der Waals surface area contributed by atoms with Gasteiger partial charge in [-0.25, -0.2) is 0 Å². The third-order valence-electron chi connectivity index (χ3n) is 5.57. The van der Waals surface area contributed by atoms with Gasteiger partial charge in [-0.15, -0.1) is 0 Å². The number of nitriles is 3. The molecular weight excluding hydrogens is 322 g/mol. The van der Waals surface area contributed by atoms with Crippen molar-refractivity contribution in [2.24, 2.45) is 17.1 Å². The first-order chi connectivity index (χ1) is 12.5. The SMILES string of the molecule is CN(C)c1ccc([C@@H]2[C@H]3CCCC=C3C(C#N)=C(N)C2(C#N)C#N)cc1. The van der Waals surface area contributed by atoms with Gasteiger partial charge in [0.2, 0.25) is 0 Å². The second-order valence-corrected chi connectivity index (χ2v) is 7.09. The number of hydrogen-bond donors (Lipinski definition) is 1. The van der Waals surface area contributed by atoms with E-state index in [9.17, 15) is 15.8 Å². The zero-order chi connectivity index (χ0) is 18.9. The largest absolute Gasteiger partial charge is 0.399 e. The lowest BCUT2D eigenvalue weighted by atomic mass is 9.57. The second-order valence-electron chi connectivity index (χ2n) is 7.09. The van der Waals surface area contributed by atoms with Gasteiger partial charge in [-0.05, 0) is 48.4 Å². The summed E-state index contributed by atoms with van der Waals surface area (Å²) in [6.45, 7) is 0. The number of rotatable bonds is 2. The van der Waals surface area contributed by atoms with Crippen molar-refractivity contribution in [2.45, 2.75) is 25.2 Å². The number of hydrogen-bond acceptors (Lipinski definition) is 5. The number of anilines is 1. The molecular formula is C21H21N5. The van der Waals surface area contributed by atoms with Crippen LogP contribution in [0, 0.1) is 45.3 Å². The molecule has 2 N–H and O–H groups in total. The summed E-state index contributed by atoms with van der Waals surface area (Å²) in [6, 6.07) is 14.4. The van der Waals surface area contributed by atoms with Crippen molar-refractivity contribution in [3.05, 3.63) is 52.7 Å². The summed E-state index contributed by atoms with van der Waals surface area (Å²) >= 11 is 0. The third-order valence-corrected chi connectivity index (χ3v) is 5.57. The minimum absolute atomic E-state index is 0.0461. The Balaban J connectivity index is 2.25. The zero-order valence-corrected chi connectivity index (χ0v) is 15.0. The van der Waals surface area contributed by atoms with Gasteiger partial charge in [0.05, 0.1) is 23.4 Å². The molecule has 3 rings (SSSR count). The molecule has 5 heteroatoms. The molecule has 0 bridgehead atoms. The number of nitrogens with two attached hydrogens (primary N) is 1. The topological polar surface area (TPSA) is 101 Å². The van der Waals surface area contributed by atoms with E-state index in [0.717, 1.165) is 36.1 Å². The molecule has 130 valence electrons. The van der Waals surface area contributed by atoms with Crippen LogP contribution in [0.15, 0.2) is 47.2 Å². The van der Waals surface area contributed by atoms with E-state index in [1.165, 1.54) is 0 Å². The predicted octanol–water partition coefficient (Wildman–Crippen LogP) is 3.35. The Hall–Kier alpha value is -3.23. The number of benzene rings is 1. The van der Waals surface area contributed by atoms with Crippen LogP contribution >= 0.6 is 0 Å². The summed E-state index contributed by atoms with van der Waals surface area (Å²) < 4.78 is 0. The maximum atomic E-state index is 9.97. The third kappa shape index (κ3) is 2.43. The number of nitrogens with zero attached hydrogens (tertiary/aromatic N) is 4. The summed E-state index contributed by atoms with van der Waals surface area (Å²) in [7, 11) is 3.93. The molecule has 0 aliphatic heterocycles. The van der Waals surface area contributed by atoms with Crippen LogP contribution in [0.25, 0.3) is 0 Å². The van der Waals surface area contributed by atoms with Gasteiger partial charge in [0, 0.05) is 25.7 Å². The zero-order valence-electron chi connectivity index (χ0n) is 15.0. The molecule has 0 unspecified atom stereocenters. The molecule has 0 fully saturated rings. The summed E-state index contributed by atoms with van der Waals surface area (Å²) in [5.74, 6) is -0.424. The Morgan fingerprint density at radius 3 is 2.31 bits per heavy atom. The van der Waals surface area contributed by atoms with Crippen LogP contribution in [0.4, 0.5) is 5.69 Å². The Bertz CT molecular complexity index is 886. The fraction of sp³-hybridized carbons (Fsp3) is 0.381. The van der Waals surface area contributed by atoms with Gasteiger partial charge in [0.1, 0.15) is 6.07 Å². The van der Waals surface area contributed by atoms with E-state index in [2.05, 4.69) is 24.3 Å². The van der Waals surface area contributed by atoms with Crippen molar-refractivity contribution in [2.75, 3.05) is 19.0 Å².